The van der Waals surface area contributed by atoms with E-state index < -0.39 is 52.9 Å². The Kier molecular flexibility index (Phi) is 7.81. The van der Waals surface area contributed by atoms with Gasteiger partial charge in [-0.3, -0.25) is 20.2 Å². The number of nitro groups is 2. The SMILES string of the molecule is COCC1O[C@H](COC(=O)c2ccc([N+](=O)[O-])cc2)[C@@H](OC(=O)c2ccc([N+](=O)[O-])cc2)[C@@H]1F. The van der Waals surface area contributed by atoms with Crippen LogP contribution in [0, 0.1) is 20.2 Å². The summed E-state index contributed by atoms with van der Waals surface area (Å²) < 4.78 is 35.7. The highest BCUT2D eigenvalue weighted by molar-refractivity contribution is 5.90. The molecule has 1 heterocycles. The minimum atomic E-state index is -1.80. The highest BCUT2D eigenvalue weighted by Gasteiger charge is 2.48. The first-order valence-electron chi connectivity index (χ1n) is 9.86. The number of non-ortho nitro benzene ring substituents is 2. The molecule has 4 atom stereocenters. The Hall–Kier alpha value is -3.97. The molecule has 13 heteroatoms. The average Bonchev–Trinajstić information content (AvgIpc) is 3.12. The van der Waals surface area contributed by atoms with Crippen LogP contribution in [0.5, 0.6) is 0 Å². The fourth-order valence-electron chi connectivity index (χ4n) is 3.24. The number of methoxy groups -OCH3 is 1. The zero-order valence-electron chi connectivity index (χ0n) is 17.7. The summed E-state index contributed by atoms with van der Waals surface area (Å²) >= 11 is 0. The van der Waals surface area contributed by atoms with Crippen molar-refractivity contribution in [2.24, 2.45) is 0 Å². The van der Waals surface area contributed by atoms with Gasteiger partial charge in [-0.25, -0.2) is 14.0 Å². The van der Waals surface area contributed by atoms with Crippen LogP contribution >= 0.6 is 0 Å². The Bertz CT molecular complexity index is 1060. The van der Waals surface area contributed by atoms with Crippen molar-refractivity contribution < 1.29 is 42.8 Å². The van der Waals surface area contributed by atoms with E-state index in [0.717, 1.165) is 24.3 Å². The van der Waals surface area contributed by atoms with Crippen LogP contribution in [-0.4, -0.2) is 66.6 Å². The molecule has 1 unspecified atom stereocenters. The molecule has 12 nitrogen and oxygen atoms in total. The van der Waals surface area contributed by atoms with E-state index in [4.69, 9.17) is 18.9 Å². The predicted octanol–water partition coefficient (Wildman–Crippen LogP) is 2.64. The summed E-state index contributed by atoms with van der Waals surface area (Å²) in [6, 6.07) is 9.20. The molecule has 0 amide bonds. The molecule has 0 saturated carbocycles. The van der Waals surface area contributed by atoms with Crippen LogP contribution in [0.15, 0.2) is 48.5 Å². The standard InChI is InChI=1S/C21H19FN2O10/c1-31-10-16-18(22)19(34-21(26)13-4-8-15(9-5-13)24(29)30)17(33-16)11-32-20(25)12-2-6-14(7-3-12)23(27)28/h2-9,16-19H,10-11H2,1H3/t16?,17-,18-,19-/m1/s1. The van der Waals surface area contributed by atoms with Gasteiger partial charge in [0.05, 0.1) is 27.6 Å². The van der Waals surface area contributed by atoms with Gasteiger partial charge < -0.3 is 18.9 Å². The number of alkyl halides is 1. The van der Waals surface area contributed by atoms with Gasteiger partial charge >= 0.3 is 11.9 Å². The third kappa shape index (κ3) is 5.68. The largest absolute Gasteiger partial charge is 0.459 e. The molecule has 1 aliphatic heterocycles. The Balaban J connectivity index is 1.68. The molecule has 0 aromatic heterocycles. The van der Waals surface area contributed by atoms with E-state index >= 15 is 0 Å². The Morgan fingerprint density at radius 3 is 1.85 bits per heavy atom. The Labute approximate surface area is 191 Å². The van der Waals surface area contributed by atoms with Crippen LogP contribution in [-0.2, 0) is 18.9 Å². The summed E-state index contributed by atoms with van der Waals surface area (Å²) in [5, 5.41) is 21.5. The number of hydrogen-bond donors (Lipinski definition) is 0. The van der Waals surface area contributed by atoms with E-state index in [1.54, 1.807) is 0 Å². The molecule has 1 aliphatic rings. The molecule has 0 bridgehead atoms. The number of halogens is 1. The summed E-state index contributed by atoms with van der Waals surface area (Å²) in [5.41, 5.74) is -0.472. The highest BCUT2D eigenvalue weighted by Crippen LogP contribution is 2.29. The quantitative estimate of drug-likeness (QED) is 0.298. The minimum absolute atomic E-state index is 0.0215. The van der Waals surface area contributed by atoms with Crippen molar-refractivity contribution in [1.29, 1.82) is 0 Å². The highest BCUT2D eigenvalue weighted by atomic mass is 19.1. The lowest BCUT2D eigenvalue weighted by molar-refractivity contribution is -0.385. The molecule has 0 N–H and O–H groups in total. The van der Waals surface area contributed by atoms with Crippen LogP contribution in [0.25, 0.3) is 0 Å². The summed E-state index contributed by atoms with van der Waals surface area (Å²) in [4.78, 5) is 45.0. The fraction of sp³-hybridized carbons (Fsp3) is 0.333. The molecule has 3 rings (SSSR count). The van der Waals surface area contributed by atoms with E-state index in [1.165, 1.54) is 31.4 Å². The molecular weight excluding hydrogens is 459 g/mol. The molecule has 34 heavy (non-hydrogen) atoms. The number of nitro benzene ring substituents is 2. The van der Waals surface area contributed by atoms with Gasteiger partial charge in [0.25, 0.3) is 11.4 Å². The predicted molar refractivity (Wildman–Crippen MR) is 111 cm³/mol. The van der Waals surface area contributed by atoms with Crippen LogP contribution in [0.4, 0.5) is 15.8 Å². The first-order chi connectivity index (χ1) is 16.2. The summed E-state index contributed by atoms with van der Waals surface area (Å²) in [5.74, 6) is -1.79. The van der Waals surface area contributed by atoms with Crippen molar-refractivity contribution in [1.82, 2.24) is 0 Å². The maximum Gasteiger partial charge on any atom is 0.338 e. The molecule has 0 spiro atoms. The lowest BCUT2D eigenvalue weighted by Gasteiger charge is -2.20. The number of nitrogens with zero attached hydrogens (tertiary/aromatic N) is 2. The van der Waals surface area contributed by atoms with Crippen molar-refractivity contribution in [3.8, 4) is 0 Å². The Morgan fingerprint density at radius 2 is 1.38 bits per heavy atom. The van der Waals surface area contributed by atoms with E-state index in [2.05, 4.69) is 0 Å². The maximum absolute atomic E-state index is 14.9. The number of benzene rings is 2. The summed E-state index contributed by atoms with van der Waals surface area (Å²) in [7, 11) is 1.33. The monoisotopic (exact) mass is 478 g/mol. The fourth-order valence-corrected chi connectivity index (χ4v) is 3.24. The molecular formula is C21H19FN2O10. The van der Waals surface area contributed by atoms with E-state index in [0.29, 0.717) is 0 Å². The van der Waals surface area contributed by atoms with Gasteiger partial charge in [-0.2, -0.15) is 0 Å². The normalized spacial score (nSPS) is 21.6. The van der Waals surface area contributed by atoms with E-state index in [9.17, 15) is 34.2 Å². The van der Waals surface area contributed by atoms with Crippen molar-refractivity contribution in [2.45, 2.75) is 24.5 Å². The van der Waals surface area contributed by atoms with Crippen LogP contribution in [0.2, 0.25) is 0 Å². The second kappa shape index (κ2) is 10.8. The molecule has 0 aliphatic carbocycles. The smallest absolute Gasteiger partial charge is 0.338 e. The molecule has 1 saturated heterocycles. The average molecular weight is 478 g/mol. The van der Waals surface area contributed by atoms with Gasteiger partial charge in [0.2, 0.25) is 0 Å². The second-order valence-corrected chi connectivity index (χ2v) is 7.19. The first kappa shape index (κ1) is 24.7. The minimum Gasteiger partial charge on any atom is -0.459 e. The van der Waals surface area contributed by atoms with Gasteiger partial charge in [-0.05, 0) is 24.3 Å². The lowest BCUT2D eigenvalue weighted by atomic mass is 10.1. The topological polar surface area (TPSA) is 157 Å². The third-order valence-electron chi connectivity index (χ3n) is 4.97. The summed E-state index contributed by atoms with van der Waals surface area (Å²) in [6.45, 7) is -0.631. The zero-order chi connectivity index (χ0) is 24.8. The van der Waals surface area contributed by atoms with Crippen molar-refractivity contribution in [2.75, 3.05) is 20.3 Å². The second-order valence-electron chi connectivity index (χ2n) is 7.19. The Morgan fingerprint density at radius 1 is 0.882 bits per heavy atom. The van der Waals surface area contributed by atoms with Crippen molar-refractivity contribution in [3.05, 3.63) is 79.9 Å². The molecule has 2 aromatic rings. The molecule has 2 aromatic carbocycles. The number of ether oxygens (including phenoxy) is 4. The first-order valence-corrected chi connectivity index (χ1v) is 9.86. The van der Waals surface area contributed by atoms with Gasteiger partial charge in [0.15, 0.2) is 12.3 Å². The van der Waals surface area contributed by atoms with Gasteiger partial charge in [0.1, 0.15) is 18.8 Å². The van der Waals surface area contributed by atoms with Crippen molar-refractivity contribution in [3.63, 3.8) is 0 Å². The van der Waals surface area contributed by atoms with Crippen LogP contribution < -0.4 is 0 Å². The summed E-state index contributed by atoms with van der Waals surface area (Å²) in [6.07, 6.45) is -5.51. The lowest BCUT2D eigenvalue weighted by Crippen LogP contribution is -2.37. The number of hydrogen-bond acceptors (Lipinski definition) is 10. The third-order valence-corrected chi connectivity index (χ3v) is 4.97. The molecule has 1 fully saturated rings. The van der Waals surface area contributed by atoms with Gasteiger partial charge in [-0.1, -0.05) is 0 Å². The van der Waals surface area contributed by atoms with Crippen LogP contribution in [0.1, 0.15) is 20.7 Å². The van der Waals surface area contributed by atoms with Gasteiger partial charge in [-0.15, -0.1) is 0 Å². The van der Waals surface area contributed by atoms with E-state index in [-0.39, 0.29) is 29.1 Å². The van der Waals surface area contributed by atoms with Crippen molar-refractivity contribution >= 4 is 23.3 Å². The van der Waals surface area contributed by atoms with Gasteiger partial charge in [0, 0.05) is 31.4 Å². The zero-order valence-corrected chi connectivity index (χ0v) is 17.7. The van der Waals surface area contributed by atoms with Crippen LogP contribution in [0.3, 0.4) is 0 Å². The maximum atomic E-state index is 14.9. The number of carbonyl (C=O) groups is 2. The molecule has 180 valence electrons. The van der Waals surface area contributed by atoms with E-state index in [1.807, 2.05) is 0 Å². The number of carbonyl (C=O) groups excluding carboxylic acids is 2. The number of rotatable bonds is 9. The molecule has 0 radical (unpaired) electrons. The number of esters is 2.